The fraction of sp³-hybridized carbons (Fsp3) is 0.167. The number of nitrogens with zero attached hydrogens (tertiary/aromatic N) is 2. The number of ether oxygens (including phenoxy) is 4. The summed E-state index contributed by atoms with van der Waals surface area (Å²) in [6.07, 6.45) is 1.51. The molecule has 1 aliphatic rings. The Morgan fingerprint density at radius 2 is 1.91 bits per heavy atom. The zero-order chi connectivity index (χ0) is 24.8. The van der Waals surface area contributed by atoms with Crippen LogP contribution in [-0.4, -0.2) is 30.4 Å². The van der Waals surface area contributed by atoms with E-state index in [0.29, 0.717) is 40.7 Å². The lowest BCUT2D eigenvalue weighted by Gasteiger charge is -2.14. The molecule has 0 radical (unpaired) electrons. The predicted octanol–water partition coefficient (Wildman–Crippen LogP) is 4.67. The van der Waals surface area contributed by atoms with Crippen molar-refractivity contribution in [3.63, 3.8) is 0 Å². The lowest BCUT2D eigenvalue weighted by atomic mass is 10.2. The molecule has 35 heavy (non-hydrogen) atoms. The molecule has 0 unspecified atom stereocenters. The summed E-state index contributed by atoms with van der Waals surface area (Å²) < 4.78 is 23.0. The van der Waals surface area contributed by atoms with Gasteiger partial charge in [-0.25, -0.2) is 5.43 Å². The van der Waals surface area contributed by atoms with Gasteiger partial charge in [0.05, 0.1) is 21.3 Å². The van der Waals surface area contributed by atoms with E-state index in [1.807, 2.05) is 13.0 Å². The molecule has 0 spiro atoms. The number of hydrogen-bond acceptors (Lipinski definition) is 8. The van der Waals surface area contributed by atoms with Crippen LogP contribution < -0.4 is 24.4 Å². The third-order valence-corrected chi connectivity index (χ3v) is 5.68. The Balaban J connectivity index is 1.43. The van der Waals surface area contributed by atoms with Crippen molar-refractivity contribution in [1.82, 2.24) is 5.43 Å². The van der Waals surface area contributed by atoms with E-state index in [0.717, 1.165) is 9.13 Å². The van der Waals surface area contributed by atoms with Gasteiger partial charge in [-0.2, -0.15) is 5.10 Å². The van der Waals surface area contributed by atoms with Crippen molar-refractivity contribution >= 4 is 40.4 Å². The van der Waals surface area contributed by atoms with Crippen molar-refractivity contribution in [2.45, 2.75) is 13.5 Å². The first-order valence-corrected chi connectivity index (χ1v) is 11.6. The zero-order valence-electron chi connectivity index (χ0n) is 18.5. The largest absolute Gasteiger partial charge is 0.490 e. The van der Waals surface area contributed by atoms with Crippen molar-refractivity contribution in [3.05, 3.63) is 85.0 Å². The minimum Gasteiger partial charge on any atom is -0.490 e. The maximum absolute atomic E-state index is 12.4. The first kappa shape index (κ1) is 24.3. The predicted molar refractivity (Wildman–Crippen MR) is 135 cm³/mol. The van der Waals surface area contributed by atoms with Crippen molar-refractivity contribution in [2.75, 3.05) is 13.4 Å². The number of rotatable bonds is 9. The van der Waals surface area contributed by atoms with E-state index in [4.69, 9.17) is 18.9 Å². The number of amides is 1. The molecule has 3 aromatic rings. The molecule has 10 nitrogen and oxygen atoms in total. The van der Waals surface area contributed by atoms with Gasteiger partial charge in [-0.05, 0) is 83.1 Å². The molecule has 1 heterocycles. The number of fused-ring (bicyclic) bond motifs is 1. The number of nitrogens with one attached hydrogen (secondary N) is 1. The van der Waals surface area contributed by atoms with Gasteiger partial charge >= 0.3 is 0 Å². The number of nitro groups is 1. The molecule has 1 aliphatic heterocycles. The lowest BCUT2D eigenvalue weighted by molar-refractivity contribution is -0.384. The number of hydrazone groups is 1. The van der Waals surface area contributed by atoms with Crippen molar-refractivity contribution in [3.8, 4) is 23.0 Å². The number of halogens is 1. The monoisotopic (exact) mass is 589 g/mol. The minimum atomic E-state index is -0.446. The summed E-state index contributed by atoms with van der Waals surface area (Å²) in [6.45, 7) is 2.63. The van der Waals surface area contributed by atoms with Crippen LogP contribution in [0.4, 0.5) is 5.69 Å². The molecular weight excluding hydrogens is 569 g/mol. The standard InChI is InChI=1S/C24H20IN3O7/c1-2-32-22-10-16(12-26-27-24(29)17-5-8-20-21(11-17)35-14-34-20)9-19(25)23(22)33-13-15-3-6-18(7-4-15)28(30)31/h3-12H,2,13-14H2,1H3,(H,27,29)/b26-12+. The van der Waals surface area contributed by atoms with E-state index >= 15 is 0 Å². The van der Waals surface area contributed by atoms with E-state index < -0.39 is 4.92 Å². The van der Waals surface area contributed by atoms with Crippen LogP contribution in [0.5, 0.6) is 23.0 Å². The summed E-state index contributed by atoms with van der Waals surface area (Å²) in [6, 6.07) is 14.7. The molecule has 180 valence electrons. The van der Waals surface area contributed by atoms with E-state index in [9.17, 15) is 14.9 Å². The molecule has 4 rings (SSSR count). The van der Waals surface area contributed by atoms with Crippen molar-refractivity contribution in [1.29, 1.82) is 0 Å². The minimum absolute atomic E-state index is 0.0209. The Bertz CT molecular complexity index is 1280. The Kier molecular flexibility index (Phi) is 7.65. The molecule has 1 N–H and O–H groups in total. The summed E-state index contributed by atoms with van der Waals surface area (Å²) in [5, 5.41) is 14.9. The number of hydrogen-bond donors (Lipinski definition) is 1. The van der Waals surface area contributed by atoms with Crippen LogP contribution in [0.3, 0.4) is 0 Å². The van der Waals surface area contributed by atoms with Gasteiger partial charge in [0.1, 0.15) is 6.61 Å². The van der Waals surface area contributed by atoms with Gasteiger partial charge in [-0.15, -0.1) is 0 Å². The Labute approximate surface area is 214 Å². The highest BCUT2D eigenvalue weighted by atomic mass is 127. The van der Waals surface area contributed by atoms with Gasteiger partial charge in [-0.1, -0.05) is 0 Å². The van der Waals surface area contributed by atoms with Crippen LogP contribution in [0.2, 0.25) is 0 Å². The molecule has 0 aromatic heterocycles. The summed E-state index contributed by atoms with van der Waals surface area (Å²) >= 11 is 2.13. The maximum Gasteiger partial charge on any atom is 0.271 e. The molecule has 3 aromatic carbocycles. The summed E-state index contributed by atoms with van der Waals surface area (Å²) in [4.78, 5) is 22.8. The highest BCUT2D eigenvalue weighted by Gasteiger charge is 2.16. The molecule has 11 heteroatoms. The number of non-ortho nitro benzene ring substituents is 1. The van der Waals surface area contributed by atoms with Gasteiger partial charge in [0.25, 0.3) is 11.6 Å². The van der Waals surface area contributed by atoms with E-state index in [-0.39, 0.29) is 25.0 Å². The van der Waals surface area contributed by atoms with Crippen LogP contribution in [0, 0.1) is 13.7 Å². The first-order chi connectivity index (χ1) is 16.9. The van der Waals surface area contributed by atoms with Crippen molar-refractivity contribution < 1.29 is 28.7 Å². The van der Waals surface area contributed by atoms with Gasteiger partial charge in [0.2, 0.25) is 6.79 Å². The highest BCUT2D eigenvalue weighted by molar-refractivity contribution is 14.1. The Morgan fingerprint density at radius 3 is 2.66 bits per heavy atom. The number of nitro benzene ring substituents is 1. The molecule has 1 amide bonds. The molecule has 0 saturated heterocycles. The number of carbonyl (C=O) groups excluding carboxylic acids is 1. The molecule has 0 saturated carbocycles. The smallest absolute Gasteiger partial charge is 0.271 e. The second-order valence-corrected chi connectivity index (χ2v) is 8.40. The van der Waals surface area contributed by atoms with E-state index in [1.165, 1.54) is 18.3 Å². The topological polar surface area (TPSA) is 122 Å². The first-order valence-electron chi connectivity index (χ1n) is 10.5. The number of carbonyl (C=O) groups is 1. The second kappa shape index (κ2) is 11.0. The average molecular weight is 589 g/mol. The Morgan fingerprint density at radius 1 is 1.14 bits per heavy atom. The third-order valence-electron chi connectivity index (χ3n) is 4.88. The molecule has 0 atom stereocenters. The van der Waals surface area contributed by atoms with Crippen LogP contribution in [0.15, 0.2) is 59.7 Å². The van der Waals surface area contributed by atoms with Crippen LogP contribution in [-0.2, 0) is 6.61 Å². The normalized spacial score (nSPS) is 11.9. The van der Waals surface area contributed by atoms with Crippen LogP contribution in [0.25, 0.3) is 0 Å². The molecule has 0 aliphatic carbocycles. The van der Waals surface area contributed by atoms with Gasteiger partial charge in [0, 0.05) is 17.7 Å². The molecule has 0 fully saturated rings. The van der Waals surface area contributed by atoms with Gasteiger partial charge < -0.3 is 18.9 Å². The second-order valence-electron chi connectivity index (χ2n) is 7.24. The fourth-order valence-corrected chi connectivity index (χ4v) is 3.98. The van der Waals surface area contributed by atoms with Crippen LogP contribution in [0.1, 0.15) is 28.4 Å². The maximum atomic E-state index is 12.4. The van der Waals surface area contributed by atoms with Gasteiger partial charge in [0.15, 0.2) is 23.0 Å². The highest BCUT2D eigenvalue weighted by Crippen LogP contribution is 2.35. The number of benzene rings is 3. The summed E-state index contributed by atoms with van der Waals surface area (Å²) in [5.74, 6) is 1.79. The van der Waals surface area contributed by atoms with Gasteiger partial charge in [-0.3, -0.25) is 14.9 Å². The quantitative estimate of drug-likeness (QED) is 0.167. The fourth-order valence-electron chi connectivity index (χ4n) is 3.20. The zero-order valence-corrected chi connectivity index (χ0v) is 20.7. The Hall–Kier alpha value is -3.87. The van der Waals surface area contributed by atoms with E-state index in [2.05, 4.69) is 33.1 Å². The lowest BCUT2D eigenvalue weighted by Crippen LogP contribution is -2.17. The van der Waals surface area contributed by atoms with Crippen LogP contribution >= 0.6 is 22.6 Å². The van der Waals surface area contributed by atoms with E-state index in [1.54, 1.807) is 36.4 Å². The average Bonchev–Trinajstić information content (AvgIpc) is 3.32. The SMILES string of the molecule is CCOc1cc(/C=N/NC(=O)c2ccc3c(c2)OCO3)cc(I)c1OCc1ccc([N+](=O)[O-])cc1. The third kappa shape index (κ3) is 5.98. The van der Waals surface area contributed by atoms with Crippen molar-refractivity contribution in [2.24, 2.45) is 5.10 Å². The summed E-state index contributed by atoms with van der Waals surface area (Å²) in [7, 11) is 0. The molecular formula is C24H20IN3O7. The molecule has 0 bridgehead atoms. The summed E-state index contributed by atoms with van der Waals surface area (Å²) in [5.41, 5.74) is 4.39.